The Kier molecular flexibility index (Phi) is 4.83. The van der Waals surface area contributed by atoms with Crippen molar-refractivity contribution in [1.29, 1.82) is 0 Å². The minimum absolute atomic E-state index is 0. The first kappa shape index (κ1) is 12.3. The van der Waals surface area contributed by atoms with E-state index >= 15 is 0 Å². The van der Waals surface area contributed by atoms with E-state index in [4.69, 9.17) is 10.0 Å². The summed E-state index contributed by atoms with van der Waals surface area (Å²) in [6.07, 6.45) is -1.62. The number of pyridine rings is 1. The van der Waals surface area contributed by atoms with Crippen molar-refractivity contribution in [3.63, 3.8) is 0 Å². The minimum Gasteiger partial charge on any atom is -0.423 e. The van der Waals surface area contributed by atoms with Gasteiger partial charge in [0.05, 0.1) is 0 Å². The van der Waals surface area contributed by atoms with Crippen molar-refractivity contribution in [2.75, 3.05) is 0 Å². The Labute approximate surface area is 80.0 Å². The van der Waals surface area contributed by atoms with Crippen LogP contribution in [0.4, 0.5) is 8.78 Å². The fourth-order valence-corrected chi connectivity index (χ4v) is 0.699. The predicted molar refractivity (Wildman–Crippen MR) is 46.3 cm³/mol. The molecule has 2 N–H and O–H groups in total. The summed E-state index contributed by atoms with van der Waals surface area (Å²) in [6.45, 7) is 0. The van der Waals surface area contributed by atoms with Crippen molar-refractivity contribution >= 4 is 25.0 Å². The smallest absolute Gasteiger partial charge is 0.423 e. The van der Waals surface area contributed by atoms with E-state index in [2.05, 4.69) is 4.98 Å². The van der Waals surface area contributed by atoms with Crippen LogP contribution in [0, 0.1) is 0 Å². The molecule has 13 heavy (non-hydrogen) atoms. The number of halogens is 3. The van der Waals surface area contributed by atoms with Crippen molar-refractivity contribution in [2.24, 2.45) is 0 Å². The second kappa shape index (κ2) is 5.11. The van der Waals surface area contributed by atoms with Gasteiger partial charge >= 0.3 is 7.12 Å². The molecule has 0 aliphatic heterocycles. The average Bonchev–Trinajstić information content (AvgIpc) is 2.04. The molecule has 1 rings (SSSR count). The summed E-state index contributed by atoms with van der Waals surface area (Å²) < 4.78 is 23.8. The molecule has 0 saturated carbocycles. The van der Waals surface area contributed by atoms with Crippen molar-refractivity contribution in [3.05, 3.63) is 24.0 Å². The maximum absolute atomic E-state index is 11.9. The van der Waals surface area contributed by atoms with E-state index in [1.54, 1.807) is 0 Å². The Bertz CT molecular complexity index is 230. The lowest BCUT2D eigenvalue weighted by Crippen LogP contribution is -2.30. The van der Waals surface area contributed by atoms with Gasteiger partial charge in [0.1, 0.15) is 5.69 Å². The lowest BCUT2D eigenvalue weighted by Gasteiger charge is -2.00. The molecular formula is C6H7BClF2NO2. The van der Waals surface area contributed by atoms with Gasteiger partial charge in [-0.25, -0.2) is 8.78 Å². The van der Waals surface area contributed by atoms with Crippen LogP contribution in [-0.2, 0) is 0 Å². The Morgan fingerprint density at radius 3 is 2.23 bits per heavy atom. The molecule has 0 aliphatic carbocycles. The first-order valence-electron chi connectivity index (χ1n) is 3.21. The highest BCUT2D eigenvalue weighted by Gasteiger charge is 2.13. The molecule has 7 heteroatoms. The summed E-state index contributed by atoms with van der Waals surface area (Å²) in [7, 11) is -1.66. The molecule has 0 unspecified atom stereocenters. The Morgan fingerprint density at radius 1 is 1.31 bits per heavy atom. The molecule has 1 aromatic rings. The van der Waals surface area contributed by atoms with Crippen molar-refractivity contribution in [3.8, 4) is 0 Å². The highest BCUT2D eigenvalue weighted by molar-refractivity contribution is 6.58. The number of rotatable bonds is 2. The maximum Gasteiger partial charge on any atom is 0.490 e. The molecule has 0 bridgehead atoms. The number of alkyl halides is 2. The lowest BCUT2D eigenvalue weighted by atomic mass is 9.82. The number of aromatic nitrogens is 1. The molecule has 1 aromatic heterocycles. The predicted octanol–water partition coefficient (Wildman–Crippen LogP) is 0.121. The number of nitrogens with zero attached hydrogens (tertiary/aromatic N) is 1. The average molecular weight is 209 g/mol. The van der Waals surface area contributed by atoms with E-state index in [9.17, 15) is 8.78 Å². The van der Waals surface area contributed by atoms with Gasteiger partial charge in [-0.05, 0) is 6.07 Å². The normalized spacial score (nSPS) is 9.62. The molecule has 72 valence electrons. The van der Waals surface area contributed by atoms with Gasteiger partial charge in [-0.1, -0.05) is 6.07 Å². The molecule has 3 nitrogen and oxygen atoms in total. The standard InChI is InChI=1S/C6H6BF2NO2.ClH/c8-6(9)5-2-1-4(3-10-5)7(11)12;/h1-3,6,11-12H;1H. The van der Waals surface area contributed by atoms with Gasteiger partial charge in [0.2, 0.25) is 0 Å². The zero-order valence-electron chi connectivity index (χ0n) is 6.39. The molecule has 0 atom stereocenters. The van der Waals surface area contributed by atoms with E-state index < -0.39 is 13.5 Å². The zero-order valence-corrected chi connectivity index (χ0v) is 7.21. The Morgan fingerprint density at radius 2 is 1.92 bits per heavy atom. The molecule has 0 spiro atoms. The Balaban J connectivity index is 0.00000144. The largest absolute Gasteiger partial charge is 0.490 e. The highest BCUT2D eigenvalue weighted by Crippen LogP contribution is 2.13. The fraction of sp³-hybridized carbons (Fsp3) is 0.167. The van der Waals surface area contributed by atoms with Crippen LogP contribution in [0.3, 0.4) is 0 Å². The summed E-state index contributed by atoms with van der Waals surface area (Å²) in [5, 5.41) is 17.2. The third-order valence-corrected chi connectivity index (χ3v) is 1.33. The third-order valence-electron chi connectivity index (χ3n) is 1.33. The fourth-order valence-electron chi connectivity index (χ4n) is 0.699. The van der Waals surface area contributed by atoms with E-state index in [1.807, 2.05) is 0 Å². The van der Waals surface area contributed by atoms with Crippen LogP contribution < -0.4 is 5.46 Å². The topological polar surface area (TPSA) is 53.4 Å². The lowest BCUT2D eigenvalue weighted by molar-refractivity contribution is 0.146. The first-order valence-corrected chi connectivity index (χ1v) is 3.21. The van der Waals surface area contributed by atoms with Gasteiger partial charge in [-0.3, -0.25) is 4.98 Å². The van der Waals surface area contributed by atoms with Crippen molar-refractivity contribution in [2.45, 2.75) is 6.43 Å². The van der Waals surface area contributed by atoms with Crippen LogP contribution in [0.15, 0.2) is 18.3 Å². The molecule has 0 aliphatic rings. The molecule has 1 heterocycles. The van der Waals surface area contributed by atoms with Gasteiger partial charge in [0.25, 0.3) is 6.43 Å². The van der Waals surface area contributed by atoms with E-state index in [-0.39, 0.29) is 23.6 Å². The molecule has 0 saturated heterocycles. The summed E-state index contributed by atoms with van der Waals surface area (Å²) in [4.78, 5) is 3.33. The van der Waals surface area contributed by atoms with Gasteiger partial charge in [-0.15, -0.1) is 12.4 Å². The van der Waals surface area contributed by atoms with Crippen LogP contribution in [0.2, 0.25) is 0 Å². The van der Waals surface area contributed by atoms with E-state index in [0.29, 0.717) is 0 Å². The van der Waals surface area contributed by atoms with E-state index in [0.717, 1.165) is 12.3 Å². The quantitative estimate of drug-likeness (QED) is 0.680. The monoisotopic (exact) mass is 209 g/mol. The van der Waals surface area contributed by atoms with Gasteiger partial charge in [0, 0.05) is 11.7 Å². The van der Waals surface area contributed by atoms with Crippen LogP contribution in [0.1, 0.15) is 12.1 Å². The highest BCUT2D eigenvalue weighted by atomic mass is 35.5. The minimum atomic E-state index is -2.63. The van der Waals surface area contributed by atoms with Gasteiger partial charge in [-0.2, -0.15) is 0 Å². The summed E-state index contributed by atoms with van der Waals surface area (Å²) in [5.41, 5.74) is -0.279. The van der Waals surface area contributed by atoms with Crippen LogP contribution in [-0.4, -0.2) is 22.2 Å². The van der Waals surface area contributed by atoms with E-state index in [1.165, 1.54) is 6.07 Å². The summed E-state index contributed by atoms with van der Waals surface area (Å²) in [5.74, 6) is 0. The molecule has 0 radical (unpaired) electrons. The molecule has 0 amide bonds. The van der Waals surface area contributed by atoms with Crippen LogP contribution in [0.5, 0.6) is 0 Å². The molecular weight excluding hydrogens is 202 g/mol. The number of hydrogen-bond acceptors (Lipinski definition) is 3. The van der Waals surface area contributed by atoms with Crippen LogP contribution >= 0.6 is 12.4 Å². The van der Waals surface area contributed by atoms with Crippen molar-refractivity contribution in [1.82, 2.24) is 4.98 Å². The third kappa shape index (κ3) is 3.26. The first-order chi connectivity index (χ1) is 5.61. The van der Waals surface area contributed by atoms with Gasteiger partial charge < -0.3 is 10.0 Å². The second-order valence-corrected chi connectivity index (χ2v) is 2.19. The molecule has 0 aromatic carbocycles. The van der Waals surface area contributed by atoms with Crippen LogP contribution in [0.25, 0.3) is 0 Å². The van der Waals surface area contributed by atoms with Crippen molar-refractivity contribution < 1.29 is 18.8 Å². The van der Waals surface area contributed by atoms with Gasteiger partial charge in [0.15, 0.2) is 0 Å². The second-order valence-electron chi connectivity index (χ2n) is 2.19. The SMILES string of the molecule is Cl.OB(O)c1ccc(C(F)F)nc1. The number of hydrogen-bond donors (Lipinski definition) is 2. The zero-order chi connectivity index (χ0) is 9.14. The maximum atomic E-state index is 11.9. The summed E-state index contributed by atoms with van der Waals surface area (Å²) >= 11 is 0. The summed E-state index contributed by atoms with van der Waals surface area (Å²) in [6, 6.07) is 2.25. The molecule has 0 fully saturated rings. The Hall–Kier alpha value is -0.715.